The van der Waals surface area contributed by atoms with Crippen molar-refractivity contribution in [1.29, 1.82) is 5.26 Å². The van der Waals surface area contributed by atoms with Crippen LogP contribution in [0, 0.1) is 23.7 Å². The topological polar surface area (TPSA) is 35.8 Å². The van der Waals surface area contributed by atoms with Gasteiger partial charge in [0.25, 0.3) is 0 Å². The lowest BCUT2D eigenvalue weighted by Crippen LogP contribution is -2.37. The van der Waals surface area contributed by atoms with Gasteiger partial charge in [-0.3, -0.25) is 0 Å². The van der Waals surface area contributed by atoms with Crippen LogP contribution in [0.3, 0.4) is 0 Å². The molecule has 0 heterocycles. The molecule has 0 radical (unpaired) electrons. The van der Waals surface area contributed by atoms with E-state index in [1.165, 1.54) is 11.1 Å². The molecule has 0 bridgehead atoms. The molecule has 1 aromatic carbocycles. The minimum absolute atomic E-state index is 0.0809. The summed E-state index contributed by atoms with van der Waals surface area (Å²) in [6.07, 6.45) is 0. The summed E-state index contributed by atoms with van der Waals surface area (Å²) in [5, 5.41) is 12.4. The van der Waals surface area contributed by atoms with Gasteiger partial charge in [-0.1, -0.05) is 43.7 Å². The summed E-state index contributed by atoms with van der Waals surface area (Å²) in [6, 6.07) is 10.9. The van der Waals surface area contributed by atoms with Crippen molar-refractivity contribution in [2.45, 2.75) is 40.0 Å². The molecule has 0 aliphatic heterocycles. The van der Waals surface area contributed by atoms with Crippen LogP contribution in [0.25, 0.3) is 0 Å². The van der Waals surface area contributed by atoms with E-state index in [0.29, 0.717) is 0 Å². The van der Waals surface area contributed by atoms with Gasteiger partial charge >= 0.3 is 0 Å². The van der Waals surface area contributed by atoms with Crippen LogP contribution < -0.4 is 5.32 Å². The lowest BCUT2D eigenvalue weighted by atomic mass is 9.83. The van der Waals surface area contributed by atoms with Crippen molar-refractivity contribution < 1.29 is 0 Å². The number of hydrogen-bond acceptors (Lipinski definition) is 2. The van der Waals surface area contributed by atoms with E-state index in [9.17, 15) is 0 Å². The highest BCUT2D eigenvalue weighted by Gasteiger charge is 2.22. The number of aryl methyl sites for hydroxylation is 1. The highest BCUT2D eigenvalue weighted by molar-refractivity contribution is 5.28. The second-order valence-corrected chi connectivity index (χ2v) is 6.35. The predicted octanol–water partition coefficient (Wildman–Crippen LogP) is 3.41. The van der Waals surface area contributed by atoms with Crippen molar-refractivity contribution in [3.8, 4) is 6.07 Å². The summed E-state index contributed by atoms with van der Waals surface area (Å²) in [4.78, 5) is 0. The van der Waals surface area contributed by atoms with Gasteiger partial charge in [0.2, 0.25) is 0 Å². The van der Waals surface area contributed by atoms with E-state index in [2.05, 4.69) is 56.4 Å². The van der Waals surface area contributed by atoms with E-state index in [1.54, 1.807) is 0 Å². The standard InChI is InChI=1S/C16H24N2/c1-13-7-6-8-14(9-13)16(4,5)12-18-11-15(2,3)10-17/h6-9,18H,11-12H2,1-5H3. The third kappa shape index (κ3) is 4.16. The van der Waals surface area contributed by atoms with Gasteiger partial charge in [0.15, 0.2) is 0 Å². The molecular weight excluding hydrogens is 220 g/mol. The molecule has 18 heavy (non-hydrogen) atoms. The summed E-state index contributed by atoms with van der Waals surface area (Å²) in [7, 11) is 0. The second kappa shape index (κ2) is 5.54. The highest BCUT2D eigenvalue weighted by atomic mass is 14.9. The zero-order chi connectivity index (χ0) is 13.8. The van der Waals surface area contributed by atoms with Crippen LogP contribution in [-0.2, 0) is 5.41 Å². The molecule has 0 fully saturated rings. The zero-order valence-corrected chi connectivity index (χ0v) is 12.2. The van der Waals surface area contributed by atoms with E-state index in [4.69, 9.17) is 5.26 Å². The normalized spacial score (nSPS) is 12.2. The minimum atomic E-state index is -0.303. The van der Waals surface area contributed by atoms with Gasteiger partial charge in [-0.25, -0.2) is 0 Å². The van der Waals surface area contributed by atoms with Gasteiger partial charge in [-0.15, -0.1) is 0 Å². The Balaban J connectivity index is 2.63. The Hall–Kier alpha value is -1.33. The molecule has 1 aromatic rings. The monoisotopic (exact) mass is 244 g/mol. The largest absolute Gasteiger partial charge is 0.314 e. The van der Waals surface area contributed by atoms with Crippen molar-refractivity contribution in [3.63, 3.8) is 0 Å². The Labute approximate surface area is 111 Å². The average Bonchev–Trinajstić information content (AvgIpc) is 2.28. The van der Waals surface area contributed by atoms with Gasteiger partial charge in [-0.2, -0.15) is 5.26 Å². The molecule has 0 spiro atoms. The number of nitrogens with zero attached hydrogens (tertiary/aromatic N) is 1. The summed E-state index contributed by atoms with van der Waals surface area (Å²) in [5.41, 5.74) is 2.41. The molecule has 1 rings (SSSR count). The lowest BCUT2D eigenvalue weighted by Gasteiger charge is -2.28. The number of hydrogen-bond donors (Lipinski definition) is 1. The molecule has 0 unspecified atom stereocenters. The van der Waals surface area contributed by atoms with Crippen LogP contribution >= 0.6 is 0 Å². The molecule has 98 valence electrons. The smallest absolute Gasteiger partial charge is 0.0697 e. The molecule has 2 heteroatoms. The molecule has 0 atom stereocenters. The fourth-order valence-electron chi connectivity index (χ4n) is 1.90. The van der Waals surface area contributed by atoms with Crippen molar-refractivity contribution in [3.05, 3.63) is 35.4 Å². The third-order valence-electron chi connectivity index (χ3n) is 3.24. The Morgan fingerprint density at radius 2 is 1.83 bits per heavy atom. The van der Waals surface area contributed by atoms with E-state index >= 15 is 0 Å². The molecule has 1 N–H and O–H groups in total. The molecule has 0 saturated heterocycles. The number of nitrogens with one attached hydrogen (secondary N) is 1. The van der Waals surface area contributed by atoms with Crippen molar-refractivity contribution >= 4 is 0 Å². The van der Waals surface area contributed by atoms with Crippen LogP contribution in [0.15, 0.2) is 24.3 Å². The van der Waals surface area contributed by atoms with Gasteiger partial charge in [0.1, 0.15) is 0 Å². The lowest BCUT2D eigenvalue weighted by molar-refractivity contribution is 0.397. The van der Waals surface area contributed by atoms with Crippen LogP contribution in [0.2, 0.25) is 0 Å². The van der Waals surface area contributed by atoms with Crippen molar-refractivity contribution in [2.24, 2.45) is 5.41 Å². The average molecular weight is 244 g/mol. The second-order valence-electron chi connectivity index (χ2n) is 6.35. The summed E-state index contributed by atoms with van der Waals surface area (Å²) in [6.45, 7) is 12.1. The fraction of sp³-hybridized carbons (Fsp3) is 0.562. The fourth-order valence-corrected chi connectivity index (χ4v) is 1.90. The zero-order valence-electron chi connectivity index (χ0n) is 12.2. The van der Waals surface area contributed by atoms with Crippen LogP contribution in [0.1, 0.15) is 38.8 Å². The quantitative estimate of drug-likeness (QED) is 0.861. The minimum Gasteiger partial charge on any atom is -0.314 e. The summed E-state index contributed by atoms with van der Waals surface area (Å²) < 4.78 is 0. The maximum absolute atomic E-state index is 8.99. The van der Waals surface area contributed by atoms with Gasteiger partial charge < -0.3 is 5.32 Å². The summed E-state index contributed by atoms with van der Waals surface area (Å²) in [5.74, 6) is 0. The van der Waals surface area contributed by atoms with E-state index in [1.807, 2.05) is 13.8 Å². The van der Waals surface area contributed by atoms with Crippen molar-refractivity contribution in [1.82, 2.24) is 5.32 Å². The highest BCUT2D eigenvalue weighted by Crippen LogP contribution is 2.23. The number of nitriles is 1. The molecule has 0 saturated carbocycles. The first-order valence-corrected chi connectivity index (χ1v) is 6.46. The van der Waals surface area contributed by atoms with Crippen LogP contribution in [0.4, 0.5) is 0 Å². The van der Waals surface area contributed by atoms with Gasteiger partial charge in [0, 0.05) is 18.5 Å². The first-order valence-electron chi connectivity index (χ1n) is 6.46. The Morgan fingerprint density at radius 1 is 1.17 bits per heavy atom. The Kier molecular flexibility index (Phi) is 4.53. The first-order chi connectivity index (χ1) is 8.27. The Morgan fingerprint density at radius 3 is 2.39 bits per heavy atom. The number of rotatable bonds is 5. The molecule has 0 aliphatic carbocycles. The molecule has 2 nitrogen and oxygen atoms in total. The SMILES string of the molecule is Cc1cccc(C(C)(C)CNCC(C)(C)C#N)c1. The first kappa shape index (κ1) is 14.7. The maximum atomic E-state index is 8.99. The third-order valence-corrected chi connectivity index (χ3v) is 3.24. The van der Waals surface area contributed by atoms with Crippen molar-refractivity contribution in [2.75, 3.05) is 13.1 Å². The maximum Gasteiger partial charge on any atom is 0.0697 e. The number of benzene rings is 1. The molecule has 0 amide bonds. The molecular formula is C16H24N2. The van der Waals surface area contributed by atoms with Crippen LogP contribution in [0.5, 0.6) is 0 Å². The van der Waals surface area contributed by atoms with Crippen LogP contribution in [-0.4, -0.2) is 13.1 Å². The molecule has 0 aliphatic rings. The molecule has 0 aromatic heterocycles. The Bertz CT molecular complexity index is 439. The van der Waals surface area contributed by atoms with E-state index in [0.717, 1.165) is 13.1 Å². The summed E-state index contributed by atoms with van der Waals surface area (Å²) >= 11 is 0. The van der Waals surface area contributed by atoms with Gasteiger partial charge in [-0.05, 0) is 26.3 Å². The van der Waals surface area contributed by atoms with Gasteiger partial charge in [0.05, 0.1) is 11.5 Å². The predicted molar refractivity (Wildman–Crippen MR) is 76.5 cm³/mol. The van der Waals surface area contributed by atoms with E-state index in [-0.39, 0.29) is 10.8 Å². The van der Waals surface area contributed by atoms with E-state index < -0.39 is 0 Å².